The Labute approximate surface area is 130 Å². The van der Waals surface area contributed by atoms with Gasteiger partial charge in [0, 0.05) is 36.5 Å². The van der Waals surface area contributed by atoms with Gasteiger partial charge in [0.05, 0.1) is 0 Å². The van der Waals surface area contributed by atoms with Gasteiger partial charge in [-0.15, -0.1) is 0 Å². The van der Waals surface area contributed by atoms with Crippen LogP contribution >= 0.6 is 0 Å². The maximum absolute atomic E-state index is 12.4. The first-order valence-corrected chi connectivity index (χ1v) is 7.63. The molecule has 0 saturated heterocycles. The van der Waals surface area contributed by atoms with Crippen LogP contribution in [0.1, 0.15) is 32.8 Å². The van der Waals surface area contributed by atoms with Crippen molar-refractivity contribution in [2.24, 2.45) is 0 Å². The van der Waals surface area contributed by atoms with Crippen LogP contribution in [-0.4, -0.2) is 28.9 Å². The molecule has 2 aromatic rings. The molecule has 0 radical (unpaired) electrons. The van der Waals surface area contributed by atoms with Gasteiger partial charge in [-0.3, -0.25) is 9.59 Å². The Morgan fingerprint density at radius 3 is 2.64 bits per heavy atom. The zero-order chi connectivity index (χ0) is 16.1. The van der Waals surface area contributed by atoms with Crippen molar-refractivity contribution in [3.8, 4) is 0 Å². The van der Waals surface area contributed by atoms with Crippen molar-refractivity contribution in [3.63, 3.8) is 0 Å². The number of fused-ring (bicyclic) bond motifs is 1. The topological polar surface area (TPSA) is 74.0 Å². The predicted octanol–water partition coefficient (Wildman–Crippen LogP) is 2.13. The largest absolute Gasteiger partial charge is 0.361 e. The smallest absolute Gasteiger partial charge is 0.243 e. The van der Waals surface area contributed by atoms with E-state index in [2.05, 4.69) is 15.6 Å². The van der Waals surface area contributed by atoms with Gasteiger partial charge in [0.1, 0.15) is 6.04 Å². The highest BCUT2D eigenvalue weighted by atomic mass is 16.2. The molecule has 0 aliphatic heterocycles. The van der Waals surface area contributed by atoms with E-state index in [0.717, 1.165) is 22.9 Å². The Balaban J connectivity index is 2.19. The van der Waals surface area contributed by atoms with Crippen molar-refractivity contribution in [1.29, 1.82) is 0 Å². The number of para-hydroxylation sites is 1. The second-order valence-corrected chi connectivity index (χ2v) is 5.63. The average Bonchev–Trinajstić information content (AvgIpc) is 2.89. The molecule has 5 heteroatoms. The molecule has 0 aliphatic rings. The van der Waals surface area contributed by atoms with Crippen molar-refractivity contribution in [3.05, 3.63) is 36.0 Å². The number of amides is 2. The number of rotatable bonds is 6. The summed E-state index contributed by atoms with van der Waals surface area (Å²) < 4.78 is 0. The molecule has 2 atom stereocenters. The number of carbonyl (C=O) groups is 2. The van der Waals surface area contributed by atoms with Crippen molar-refractivity contribution >= 4 is 22.7 Å². The first-order chi connectivity index (χ1) is 10.5. The molecule has 0 aliphatic carbocycles. The van der Waals surface area contributed by atoms with E-state index in [0.29, 0.717) is 6.42 Å². The third kappa shape index (κ3) is 3.87. The van der Waals surface area contributed by atoms with Gasteiger partial charge in [-0.25, -0.2) is 0 Å². The summed E-state index contributed by atoms with van der Waals surface area (Å²) >= 11 is 0. The number of hydrogen-bond donors (Lipinski definition) is 3. The first-order valence-electron chi connectivity index (χ1n) is 7.63. The number of H-pyrrole nitrogens is 1. The van der Waals surface area contributed by atoms with E-state index in [1.807, 2.05) is 44.3 Å². The minimum atomic E-state index is -0.564. The molecule has 0 bridgehead atoms. The maximum atomic E-state index is 12.4. The van der Waals surface area contributed by atoms with Gasteiger partial charge in [-0.2, -0.15) is 0 Å². The molecular weight excluding hydrogens is 278 g/mol. The van der Waals surface area contributed by atoms with Crippen LogP contribution in [0.4, 0.5) is 0 Å². The number of hydrogen-bond acceptors (Lipinski definition) is 2. The van der Waals surface area contributed by atoms with E-state index in [9.17, 15) is 9.59 Å². The molecule has 1 aromatic heterocycles. The van der Waals surface area contributed by atoms with Crippen LogP contribution in [0.25, 0.3) is 10.9 Å². The summed E-state index contributed by atoms with van der Waals surface area (Å²) in [6.07, 6.45) is 3.22. The van der Waals surface area contributed by atoms with Gasteiger partial charge in [0.2, 0.25) is 11.8 Å². The lowest BCUT2D eigenvalue weighted by Gasteiger charge is -2.20. The summed E-state index contributed by atoms with van der Waals surface area (Å²) in [6.45, 7) is 5.39. The predicted molar refractivity (Wildman–Crippen MR) is 87.5 cm³/mol. The summed E-state index contributed by atoms with van der Waals surface area (Å²) in [5, 5.41) is 6.76. The molecule has 22 heavy (non-hydrogen) atoms. The van der Waals surface area contributed by atoms with E-state index >= 15 is 0 Å². The summed E-state index contributed by atoms with van der Waals surface area (Å²) in [7, 11) is 0. The number of aromatic nitrogens is 1. The average molecular weight is 301 g/mol. The van der Waals surface area contributed by atoms with Crippen LogP contribution in [0.5, 0.6) is 0 Å². The Kier molecular flexibility index (Phi) is 5.20. The van der Waals surface area contributed by atoms with Crippen LogP contribution in [0.3, 0.4) is 0 Å². The summed E-state index contributed by atoms with van der Waals surface area (Å²) in [5.74, 6) is -0.348. The zero-order valence-electron chi connectivity index (χ0n) is 13.3. The molecule has 3 N–H and O–H groups in total. The lowest BCUT2D eigenvalue weighted by molar-refractivity contribution is -0.128. The minimum absolute atomic E-state index is 0.0896. The van der Waals surface area contributed by atoms with Crippen LogP contribution in [0, 0.1) is 0 Å². The van der Waals surface area contributed by atoms with E-state index in [4.69, 9.17) is 0 Å². The van der Waals surface area contributed by atoms with E-state index in [-0.39, 0.29) is 17.9 Å². The van der Waals surface area contributed by atoms with Crippen LogP contribution in [0.15, 0.2) is 30.5 Å². The fourth-order valence-corrected chi connectivity index (χ4v) is 2.42. The van der Waals surface area contributed by atoms with E-state index in [1.165, 1.54) is 6.92 Å². The standard InChI is InChI=1S/C17H23N3O2/c1-4-11(2)19-17(22)16(20-12(3)21)9-13-10-18-15-8-6-5-7-14(13)15/h5-8,10-11,16,18H,4,9H2,1-3H3,(H,19,22)(H,20,21). The Hall–Kier alpha value is -2.30. The second kappa shape index (κ2) is 7.11. The molecule has 2 amide bonds. The molecule has 1 aromatic carbocycles. The first kappa shape index (κ1) is 16.1. The normalized spacial score (nSPS) is 13.6. The molecule has 0 saturated carbocycles. The lowest BCUT2D eigenvalue weighted by atomic mass is 10.0. The summed E-state index contributed by atoms with van der Waals surface area (Å²) in [6, 6.07) is 7.46. The zero-order valence-corrected chi connectivity index (χ0v) is 13.3. The molecule has 5 nitrogen and oxygen atoms in total. The maximum Gasteiger partial charge on any atom is 0.243 e. The molecule has 0 fully saturated rings. The van der Waals surface area contributed by atoms with Crippen LogP contribution in [-0.2, 0) is 16.0 Å². The van der Waals surface area contributed by atoms with Gasteiger partial charge < -0.3 is 15.6 Å². The van der Waals surface area contributed by atoms with Gasteiger partial charge in [0.25, 0.3) is 0 Å². The fraction of sp³-hybridized carbons (Fsp3) is 0.412. The quantitative estimate of drug-likeness (QED) is 0.764. The van der Waals surface area contributed by atoms with E-state index < -0.39 is 6.04 Å². The highest BCUT2D eigenvalue weighted by molar-refractivity contribution is 5.89. The lowest BCUT2D eigenvalue weighted by Crippen LogP contribution is -2.49. The third-order valence-electron chi connectivity index (χ3n) is 3.79. The number of benzene rings is 1. The Morgan fingerprint density at radius 2 is 1.95 bits per heavy atom. The molecule has 2 rings (SSSR count). The van der Waals surface area contributed by atoms with Crippen LogP contribution in [0.2, 0.25) is 0 Å². The summed E-state index contributed by atoms with van der Waals surface area (Å²) in [4.78, 5) is 27.0. The monoisotopic (exact) mass is 301 g/mol. The highest BCUT2D eigenvalue weighted by Gasteiger charge is 2.22. The van der Waals surface area contributed by atoms with Crippen molar-refractivity contribution in [2.45, 2.75) is 45.7 Å². The molecule has 1 heterocycles. The van der Waals surface area contributed by atoms with Gasteiger partial charge in [0.15, 0.2) is 0 Å². The number of nitrogens with one attached hydrogen (secondary N) is 3. The molecule has 118 valence electrons. The fourth-order valence-electron chi connectivity index (χ4n) is 2.42. The van der Waals surface area contributed by atoms with Gasteiger partial charge >= 0.3 is 0 Å². The van der Waals surface area contributed by atoms with Crippen molar-refractivity contribution in [2.75, 3.05) is 0 Å². The van der Waals surface area contributed by atoms with Crippen molar-refractivity contribution in [1.82, 2.24) is 15.6 Å². The van der Waals surface area contributed by atoms with Crippen molar-refractivity contribution < 1.29 is 9.59 Å². The Morgan fingerprint density at radius 1 is 1.23 bits per heavy atom. The summed E-state index contributed by atoms with van der Waals surface area (Å²) in [5.41, 5.74) is 2.05. The minimum Gasteiger partial charge on any atom is -0.361 e. The van der Waals surface area contributed by atoms with Gasteiger partial charge in [-0.05, 0) is 25.0 Å². The SMILES string of the molecule is CCC(C)NC(=O)C(Cc1c[nH]c2ccccc12)NC(C)=O. The number of aromatic amines is 1. The van der Waals surface area contributed by atoms with Gasteiger partial charge in [-0.1, -0.05) is 25.1 Å². The second-order valence-electron chi connectivity index (χ2n) is 5.63. The molecule has 2 unspecified atom stereocenters. The number of carbonyl (C=O) groups excluding carboxylic acids is 2. The highest BCUT2D eigenvalue weighted by Crippen LogP contribution is 2.19. The third-order valence-corrected chi connectivity index (χ3v) is 3.79. The molecular formula is C17H23N3O2. The Bertz CT molecular complexity index is 663. The van der Waals surface area contributed by atoms with E-state index in [1.54, 1.807) is 0 Å². The molecule has 0 spiro atoms. The van der Waals surface area contributed by atoms with Crippen LogP contribution < -0.4 is 10.6 Å².